The van der Waals surface area contributed by atoms with Crippen molar-refractivity contribution in [2.75, 3.05) is 0 Å². The van der Waals surface area contributed by atoms with Gasteiger partial charge in [0.15, 0.2) is 0 Å². The van der Waals surface area contributed by atoms with E-state index in [1.165, 1.54) is 0 Å². The van der Waals surface area contributed by atoms with Gasteiger partial charge in [0.25, 0.3) is 0 Å². The molecule has 0 atom stereocenters. The molecule has 0 saturated carbocycles. The van der Waals surface area contributed by atoms with Gasteiger partial charge in [-0.1, -0.05) is 24.3 Å². The van der Waals surface area contributed by atoms with Crippen molar-refractivity contribution in [2.24, 2.45) is 20.6 Å². The first-order chi connectivity index (χ1) is 35.2. The first kappa shape index (κ1) is 53.9. The number of nitrogens with one attached hydrogen (secondary N) is 2. The van der Waals surface area contributed by atoms with E-state index in [1.54, 1.807) is 104 Å². The molecule has 20 heteroatoms. The molecule has 0 radical (unpaired) electrons. The quantitative estimate of drug-likeness (QED) is 0.0837. The number of aromatic amines is 2. The molecule has 10 N–H and O–H groups in total. The number of sulfonamides is 4. The highest BCUT2D eigenvalue weighted by Gasteiger charge is 2.30. The van der Waals surface area contributed by atoms with Crippen LogP contribution in [0.25, 0.3) is 90.9 Å². The van der Waals surface area contributed by atoms with Gasteiger partial charge in [-0.3, -0.25) is 0 Å². The van der Waals surface area contributed by atoms with Crippen LogP contribution in [0.5, 0.6) is 0 Å². The molecule has 0 unspecified atom stereocenters. The van der Waals surface area contributed by atoms with Crippen LogP contribution in [-0.2, 0) is 40.1 Å². The van der Waals surface area contributed by atoms with Crippen LogP contribution < -0.4 is 20.6 Å². The number of hydrogen-bond acceptors (Lipinski definition) is 10. The average Bonchev–Trinajstić information content (AvgIpc) is 4.12. The number of fused-ring (bicyclic) bond motifs is 8. The lowest BCUT2D eigenvalue weighted by Crippen LogP contribution is -2.16. The fourth-order valence-corrected chi connectivity index (χ4v) is 16.4. The van der Waals surface area contributed by atoms with Crippen molar-refractivity contribution in [1.82, 2.24) is 19.9 Å². The van der Waals surface area contributed by atoms with Gasteiger partial charge in [0, 0.05) is 44.3 Å². The minimum atomic E-state index is -4.27. The van der Waals surface area contributed by atoms with Gasteiger partial charge in [0.2, 0.25) is 40.1 Å². The first-order valence-corrected chi connectivity index (χ1v) is 30.1. The predicted octanol–water partition coefficient (Wildman–Crippen LogP) is 9.61. The van der Waals surface area contributed by atoms with Crippen LogP contribution in [0.3, 0.4) is 0 Å². The Morgan fingerprint density at radius 3 is 0.658 bits per heavy atom. The Labute approximate surface area is 443 Å². The van der Waals surface area contributed by atoms with Crippen LogP contribution in [0.15, 0.2) is 68.1 Å². The summed E-state index contributed by atoms with van der Waals surface area (Å²) in [4.78, 5) is 17.8. The molecule has 16 nitrogen and oxygen atoms in total. The molecule has 9 rings (SSSR count). The molecule has 8 bridgehead atoms. The normalized spacial score (nSPS) is 13.1. The van der Waals surface area contributed by atoms with Crippen LogP contribution in [0.4, 0.5) is 0 Å². The molecular formula is C56H58N8O8S4. The maximum Gasteiger partial charge on any atom is 0.238 e. The van der Waals surface area contributed by atoms with E-state index in [0.29, 0.717) is 156 Å². The summed E-state index contributed by atoms with van der Waals surface area (Å²) in [5.41, 5.74) is 13.7. The number of primary sulfonamides is 4. The molecular weight excluding hydrogens is 1040 g/mol. The zero-order chi connectivity index (χ0) is 55.8. The summed E-state index contributed by atoms with van der Waals surface area (Å²) in [5.74, 6) is 0. The molecule has 5 heterocycles. The van der Waals surface area contributed by atoms with E-state index >= 15 is 0 Å². The SMILES string of the molecule is Cc1cc(C)c(S(N)(=O)=O)c(C)c1-c1c2nc(c(-c3c(C)cc(C)c(S(N)(=O)=O)c3C)c3ccc([nH]3)c(-c3c(C)cc(C)c(S(N)(=O)=O)c3C)c3nc(c(-c4c(C)cc(C)c(S(N)(=O)=O)c4C)c4ccc1[nH]4)C=C3)C=C2. The molecule has 76 heavy (non-hydrogen) atoms. The number of H-pyrrole nitrogens is 2. The van der Waals surface area contributed by atoms with Crippen molar-refractivity contribution in [1.29, 1.82) is 0 Å². The molecule has 394 valence electrons. The minimum absolute atomic E-state index is 0.0524. The van der Waals surface area contributed by atoms with Crippen molar-refractivity contribution in [2.45, 2.75) is 103 Å². The van der Waals surface area contributed by atoms with Crippen molar-refractivity contribution in [3.05, 3.63) is 138 Å². The van der Waals surface area contributed by atoms with Crippen LogP contribution in [0.1, 0.15) is 89.5 Å². The number of nitrogens with two attached hydrogens (primary N) is 4. The van der Waals surface area contributed by atoms with Crippen molar-refractivity contribution in [3.63, 3.8) is 0 Å². The zero-order valence-corrected chi connectivity index (χ0v) is 47.3. The number of rotatable bonds is 8. The summed E-state index contributed by atoms with van der Waals surface area (Å²) in [5, 5.41) is 23.8. The molecule has 7 aromatic rings. The Bertz CT molecular complexity index is 3970. The number of benzene rings is 4. The van der Waals surface area contributed by atoms with Gasteiger partial charge >= 0.3 is 0 Å². The molecule has 3 aromatic heterocycles. The number of nitrogens with zero attached hydrogens (tertiary/aromatic N) is 2. The van der Waals surface area contributed by atoms with Crippen molar-refractivity contribution >= 4 is 86.5 Å². The van der Waals surface area contributed by atoms with Gasteiger partial charge in [-0.05, 0) is 221 Å². The highest BCUT2D eigenvalue weighted by atomic mass is 32.2. The van der Waals surface area contributed by atoms with Crippen LogP contribution in [-0.4, -0.2) is 53.6 Å². The Hall–Kier alpha value is -6.88. The summed E-state index contributed by atoms with van der Waals surface area (Å²) in [7, 11) is -17.1. The van der Waals surface area contributed by atoms with Gasteiger partial charge in [0.1, 0.15) is 0 Å². The zero-order valence-electron chi connectivity index (χ0n) is 44.0. The summed E-state index contributed by atoms with van der Waals surface area (Å²) >= 11 is 0. The minimum Gasteiger partial charge on any atom is -0.354 e. The third kappa shape index (κ3) is 8.95. The fraction of sp³-hybridized carbons (Fsp3) is 0.214. The van der Waals surface area contributed by atoms with Gasteiger partial charge in [0.05, 0.1) is 42.4 Å². The molecule has 0 amide bonds. The van der Waals surface area contributed by atoms with Crippen LogP contribution >= 0.6 is 0 Å². The third-order valence-electron chi connectivity index (χ3n) is 14.5. The molecule has 0 saturated heterocycles. The molecule has 0 fully saturated rings. The van der Waals surface area contributed by atoms with Crippen LogP contribution in [0.2, 0.25) is 0 Å². The molecule has 2 aliphatic rings. The molecule has 0 spiro atoms. The van der Waals surface area contributed by atoms with Gasteiger partial charge in [-0.25, -0.2) is 64.2 Å². The van der Waals surface area contributed by atoms with Gasteiger partial charge in [-0.15, -0.1) is 0 Å². The highest BCUT2D eigenvalue weighted by molar-refractivity contribution is 7.90. The topological polar surface area (TPSA) is 298 Å². The van der Waals surface area contributed by atoms with E-state index in [0.717, 1.165) is 0 Å². The van der Waals surface area contributed by atoms with E-state index in [1.807, 2.05) is 52.0 Å². The third-order valence-corrected chi connectivity index (χ3v) is 19.3. The Kier molecular flexibility index (Phi) is 13.1. The molecule has 2 aliphatic heterocycles. The van der Waals surface area contributed by atoms with E-state index in [-0.39, 0.29) is 19.6 Å². The summed E-state index contributed by atoms with van der Waals surface area (Å²) in [6.07, 6.45) is 7.20. The van der Waals surface area contributed by atoms with Crippen molar-refractivity contribution in [3.8, 4) is 44.5 Å². The predicted molar refractivity (Wildman–Crippen MR) is 303 cm³/mol. The van der Waals surface area contributed by atoms with E-state index in [2.05, 4.69) is 9.97 Å². The van der Waals surface area contributed by atoms with E-state index < -0.39 is 40.1 Å². The standard InChI is InChI=1S/C56H58N8O8S4/c1-25-21-29(5)53(73(57,65)66)33(9)45(25)49-37-13-15-39(61-37)50(46-26(2)22-30(6)54(34(46)10)74(58,67)68)41-17-19-43(63-41)52(48-28(4)24-32(8)56(36(48)12)76(60,71)72)44-20-18-42(64-44)51(40-16-14-38(49)62-40)47-27(3)23-31(7)55(35(47)11)75(59,69)70/h13-24,61,64H,1-12H3,(H2,57,65,66)(H2,58,67,68)(H2,59,69,70)(H2,60,71,72). The van der Waals surface area contributed by atoms with E-state index in [9.17, 15) is 33.7 Å². The summed E-state index contributed by atoms with van der Waals surface area (Å²) in [6, 6.07) is 14.3. The summed E-state index contributed by atoms with van der Waals surface area (Å²) in [6.45, 7) is 21.0. The highest BCUT2D eigenvalue weighted by Crippen LogP contribution is 2.46. The lowest BCUT2D eigenvalue weighted by atomic mass is 9.92. The lowest BCUT2D eigenvalue weighted by molar-refractivity contribution is 0.594. The smallest absolute Gasteiger partial charge is 0.238 e. The average molecular weight is 1100 g/mol. The van der Waals surface area contributed by atoms with Gasteiger partial charge in [-0.2, -0.15) is 0 Å². The van der Waals surface area contributed by atoms with E-state index in [4.69, 9.17) is 30.5 Å². The maximum absolute atomic E-state index is 13.4. The Morgan fingerprint density at radius 2 is 0.487 bits per heavy atom. The maximum atomic E-state index is 13.4. The first-order valence-electron chi connectivity index (χ1n) is 23.9. The second-order valence-corrected chi connectivity index (χ2v) is 26.0. The number of aryl methyl sites for hydroxylation is 8. The molecule has 0 aliphatic carbocycles. The second-order valence-electron chi connectivity index (χ2n) is 20.0. The van der Waals surface area contributed by atoms with Crippen LogP contribution in [0, 0.1) is 83.1 Å². The Balaban J connectivity index is 1.62. The number of hydrogen-bond donors (Lipinski definition) is 6. The summed E-state index contributed by atoms with van der Waals surface area (Å²) < 4.78 is 107. The second kappa shape index (κ2) is 18.4. The molecule has 4 aromatic carbocycles. The fourth-order valence-electron chi connectivity index (χ4n) is 12.2. The van der Waals surface area contributed by atoms with Gasteiger partial charge < -0.3 is 9.97 Å². The number of aromatic nitrogens is 4. The Morgan fingerprint density at radius 1 is 0.303 bits per heavy atom. The van der Waals surface area contributed by atoms with Crippen molar-refractivity contribution < 1.29 is 33.7 Å². The monoisotopic (exact) mass is 1100 g/mol. The largest absolute Gasteiger partial charge is 0.354 e. The lowest BCUT2D eigenvalue weighted by Gasteiger charge is -2.18.